The van der Waals surface area contributed by atoms with Gasteiger partial charge in [0.05, 0.1) is 5.56 Å². The lowest BCUT2D eigenvalue weighted by Gasteiger charge is -2.18. The summed E-state index contributed by atoms with van der Waals surface area (Å²) in [6.45, 7) is 3.13. The lowest BCUT2D eigenvalue weighted by atomic mass is 10.1. The van der Waals surface area contributed by atoms with Crippen LogP contribution in [0.5, 0.6) is 5.75 Å². The summed E-state index contributed by atoms with van der Waals surface area (Å²) in [7, 11) is 1.67. The molecule has 2 aromatic rings. The number of nitrogens with one attached hydrogen (secondary N) is 1. The molecular weight excluding hydrogens is 344 g/mol. The quantitative estimate of drug-likeness (QED) is 0.722. The van der Waals surface area contributed by atoms with E-state index >= 15 is 0 Å². The van der Waals surface area contributed by atoms with Gasteiger partial charge in [-0.1, -0.05) is 25.1 Å². The van der Waals surface area contributed by atoms with Gasteiger partial charge in [0.15, 0.2) is 12.4 Å². The van der Waals surface area contributed by atoms with Crippen molar-refractivity contribution in [1.82, 2.24) is 0 Å². The molecule has 6 nitrogen and oxygen atoms in total. The van der Waals surface area contributed by atoms with E-state index in [0.29, 0.717) is 23.4 Å². The van der Waals surface area contributed by atoms with E-state index in [9.17, 15) is 14.4 Å². The maximum absolute atomic E-state index is 12.3. The van der Waals surface area contributed by atoms with E-state index in [4.69, 9.17) is 4.74 Å². The van der Waals surface area contributed by atoms with Crippen LogP contribution in [0.4, 0.5) is 11.4 Å². The largest absolute Gasteiger partial charge is 0.483 e. The monoisotopic (exact) mass is 368 g/mol. The summed E-state index contributed by atoms with van der Waals surface area (Å²) >= 11 is 0. The van der Waals surface area contributed by atoms with Crippen LogP contribution in [0.3, 0.4) is 0 Å². The molecule has 0 unspecified atom stereocenters. The van der Waals surface area contributed by atoms with Gasteiger partial charge in [0.2, 0.25) is 5.91 Å². The van der Waals surface area contributed by atoms with Crippen LogP contribution in [-0.4, -0.2) is 31.3 Å². The molecule has 2 aromatic carbocycles. The van der Waals surface area contributed by atoms with Crippen LogP contribution in [0.2, 0.25) is 0 Å². The Hall–Kier alpha value is -3.15. The van der Waals surface area contributed by atoms with Crippen molar-refractivity contribution < 1.29 is 19.1 Å². The molecule has 27 heavy (non-hydrogen) atoms. The van der Waals surface area contributed by atoms with Crippen LogP contribution in [0, 0.1) is 0 Å². The van der Waals surface area contributed by atoms with Crippen LogP contribution < -0.4 is 15.0 Å². The summed E-state index contributed by atoms with van der Waals surface area (Å²) in [5.41, 5.74) is 1.60. The fraction of sp³-hybridized carbons (Fsp3) is 0.286. The van der Waals surface area contributed by atoms with Gasteiger partial charge >= 0.3 is 0 Å². The highest BCUT2D eigenvalue weighted by Crippen LogP contribution is 2.24. The molecule has 2 rings (SSSR count). The second kappa shape index (κ2) is 9.52. The highest BCUT2D eigenvalue weighted by Gasteiger charge is 2.15. The minimum atomic E-state index is -0.240. The molecule has 0 bridgehead atoms. The molecule has 0 aliphatic carbocycles. The van der Waals surface area contributed by atoms with Gasteiger partial charge in [0, 0.05) is 24.8 Å². The van der Waals surface area contributed by atoms with Crippen molar-refractivity contribution in [3.05, 3.63) is 54.1 Å². The van der Waals surface area contributed by atoms with Gasteiger partial charge in [-0.25, -0.2) is 0 Å². The van der Waals surface area contributed by atoms with Crippen LogP contribution in [0.1, 0.15) is 37.0 Å². The summed E-state index contributed by atoms with van der Waals surface area (Å²) in [6.07, 6.45) is 1.15. The molecular formula is C21H24N2O4. The standard InChI is InChI=1S/C21H24N2O4/c1-4-8-20(25)22-16-11-12-19(18(13-16)15(2)24)27-14-21(26)23(3)17-9-6-5-7-10-17/h5-7,9-13H,4,8,14H2,1-3H3,(H,22,25). The van der Waals surface area contributed by atoms with Gasteiger partial charge in [0.1, 0.15) is 5.75 Å². The number of hydrogen-bond donors (Lipinski definition) is 1. The Kier molecular flexibility index (Phi) is 7.11. The number of carbonyl (C=O) groups excluding carboxylic acids is 3. The van der Waals surface area contributed by atoms with E-state index < -0.39 is 0 Å². The molecule has 2 amide bonds. The fourth-order valence-electron chi connectivity index (χ4n) is 2.49. The van der Waals surface area contributed by atoms with E-state index in [1.807, 2.05) is 37.3 Å². The van der Waals surface area contributed by atoms with E-state index in [1.165, 1.54) is 11.8 Å². The molecule has 0 radical (unpaired) electrons. The Morgan fingerprint density at radius 1 is 1.07 bits per heavy atom. The minimum Gasteiger partial charge on any atom is -0.483 e. The number of nitrogens with zero attached hydrogens (tertiary/aromatic N) is 1. The van der Waals surface area contributed by atoms with E-state index in [2.05, 4.69) is 5.32 Å². The zero-order valence-corrected chi connectivity index (χ0v) is 15.8. The molecule has 6 heteroatoms. The molecule has 0 heterocycles. The maximum Gasteiger partial charge on any atom is 0.264 e. The van der Waals surface area contributed by atoms with Crippen molar-refractivity contribution in [3.8, 4) is 5.75 Å². The molecule has 0 fully saturated rings. The smallest absolute Gasteiger partial charge is 0.264 e. The van der Waals surface area contributed by atoms with Gasteiger partial charge in [-0.05, 0) is 43.7 Å². The number of para-hydroxylation sites is 1. The molecule has 0 aliphatic heterocycles. The van der Waals surface area contributed by atoms with Crippen molar-refractivity contribution >= 4 is 29.0 Å². The van der Waals surface area contributed by atoms with Crippen molar-refractivity contribution in [1.29, 1.82) is 0 Å². The first kappa shape index (κ1) is 20.2. The molecule has 0 aromatic heterocycles. The molecule has 0 spiro atoms. The highest BCUT2D eigenvalue weighted by atomic mass is 16.5. The number of hydrogen-bond acceptors (Lipinski definition) is 4. The first-order valence-corrected chi connectivity index (χ1v) is 8.81. The minimum absolute atomic E-state index is 0.111. The number of ketones is 1. The van der Waals surface area contributed by atoms with Crippen LogP contribution in [0.15, 0.2) is 48.5 Å². The Morgan fingerprint density at radius 3 is 2.41 bits per heavy atom. The first-order chi connectivity index (χ1) is 12.9. The molecule has 1 N–H and O–H groups in total. The van der Waals surface area contributed by atoms with E-state index in [0.717, 1.165) is 12.1 Å². The summed E-state index contributed by atoms with van der Waals surface area (Å²) in [6, 6.07) is 14.0. The predicted octanol–water partition coefficient (Wildman–Crippen LogP) is 3.67. The normalized spacial score (nSPS) is 10.2. The number of Topliss-reactive ketones (excluding diaryl/α,β-unsaturated/α-hetero) is 1. The summed E-state index contributed by atoms with van der Waals surface area (Å²) < 4.78 is 5.59. The average molecular weight is 368 g/mol. The Labute approximate surface area is 159 Å². The SMILES string of the molecule is CCCC(=O)Nc1ccc(OCC(=O)N(C)c2ccccc2)c(C(C)=O)c1. The van der Waals surface area contributed by atoms with Gasteiger partial charge in [0.25, 0.3) is 5.91 Å². The van der Waals surface area contributed by atoms with Gasteiger partial charge in [-0.15, -0.1) is 0 Å². The fourth-order valence-corrected chi connectivity index (χ4v) is 2.49. The van der Waals surface area contributed by atoms with E-state index in [-0.39, 0.29) is 24.2 Å². The highest BCUT2D eigenvalue weighted by molar-refractivity contribution is 6.00. The van der Waals surface area contributed by atoms with Crippen molar-refractivity contribution in [3.63, 3.8) is 0 Å². The number of ether oxygens (including phenoxy) is 1. The van der Waals surface area contributed by atoms with Crippen LogP contribution in [-0.2, 0) is 9.59 Å². The van der Waals surface area contributed by atoms with E-state index in [1.54, 1.807) is 25.2 Å². The third-order valence-corrected chi connectivity index (χ3v) is 3.99. The number of anilines is 2. The number of amides is 2. The van der Waals surface area contributed by atoms with Crippen molar-refractivity contribution in [2.24, 2.45) is 0 Å². The van der Waals surface area contributed by atoms with Gasteiger partial charge < -0.3 is 15.0 Å². The van der Waals surface area contributed by atoms with Crippen LogP contribution >= 0.6 is 0 Å². The zero-order valence-electron chi connectivity index (χ0n) is 15.8. The Bertz CT molecular complexity index is 818. The second-order valence-electron chi connectivity index (χ2n) is 6.14. The maximum atomic E-state index is 12.3. The van der Waals surface area contributed by atoms with Crippen molar-refractivity contribution in [2.75, 3.05) is 23.9 Å². The number of benzene rings is 2. The second-order valence-corrected chi connectivity index (χ2v) is 6.14. The number of rotatable bonds is 8. The average Bonchev–Trinajstić information content (AvgIpc) is 2.66. The molecule has 0 saturated carbocycles. The summed E-state index contributed by atoms with van der Waals surface area (Å²) in [4.78, 5) is 37.5. The Balaban J connectivity index is 2.08. The Morgan fingerprint density at radius 2 is 1.78 bits per heavy atom. The molecule has 0 aliphatic rings. The third kappa shape index (κ3) is 5.67. The molecule has 0 atom stereocenters. The molecule has 142 valence electrons. The van der Waals surface area contributed by atoms with Crippen molar-refractivity contribution in [2.45, 2.75) is 26.7 Å². The zero-order chi connectivity index (χ0) is 19.8. The summed E-state index contributed by atoms with van der Waals surface area (Å²) in [5.74, 6) is -0.248. The van der Waals surface area contributed by atoms with Gasteiger partial charge in [-0.3, -0.25) is 14.4 Å². The third-order valence-electron chi connectivity index (χ3n) is 3.99. The number of carbonyl (C=O) groups is 3. The van der Waals surface area contributed by atoms with Gasteiger partial charge in [-0.2, -0.15) is 0 Å². The lowest BCUT2D eigenvalue weighted by molar-refractivity contribution is -0.120. The lowest BCUT2D eigenvalue weighted by Crippen LogP contribution is -2.31. The van der Waals surface area contributed by atoms with Crippen LogP contribution in [0.25, 0.3) is 0 Å². The topological polar surface area (TPSA) is 75.7 Å². The molecule has 0 saturated heterocycles. The first-order valence-electron chi connectivity index (χ1n) is 8.81. The number of likely N-dealkylation sites (N-methyl/N-ethyl adjacent to an activating group) is 1. The predicted molar refractivity (Wildman–Crippen MR) is 105 cm³/mol. The summed E-state index contributed by atoms with van der Waals surface area (Å²) in [5, 5.41) is 2.75.